The number of fused-ring (bicyclic) bond motifs is 2. The third-order valence-electron chi connectivity index (χ3n) is 4.31. The van der Waals surface area contributed by atoms with Crippen LogP contribution in [0.1, 0.15) is 52.4 Å². The highest BCUT2D eigenvalue weighted by molar-refractivity contribution is 5.01. The highest BCUT2D eigenvalue weighted by Crippen LogP contribution is 2.55. The van der Waals surface area contributed by atoms with E-state index in [1.165, 1.54) is 38.5 Å². The van der Waals surface area contributed by atoms with Gasteiger partial charge in [0.15, 0.2) is 0 Å². The van der Waals surface area contributed by atoms with Crippen molar-refractivity contribution in [2.75, 3.05) is 0 Å². The molecule has 0 aromatic heterocycles. The fourth-order valence-corrected chi connectivity index (χ4v) is 3.43. The van der Waals surface area contributed by atoms with E-state index < -0.39 is 0 Å². The van der Waals surface area contributed by atoms with Crippen LogP contribution in [0, 0.1) is 10.8 Å². The maximum Gasteiger partial charge on any atom is 0.0647 e. The first-order valence-electron chi connectivity index (χ1n) is 5.25. The van der Waals surface area contributed by atoms with Gasteiger partial charge < -0.3 is 5.11 Å². The number of rotatable bonds is 0. The lowest BCUT2D eigenvalue weighted by Gasteiger charge is -2.53. The second kappa shape index (κ2) is 2.47. The van der Waals surface area contributed by atoms with Gasteiger partial charge in [-0.2, -0.15) is 0 Å². The summed E-state index contributed by atoms with van der Waals surface area (Å²) < 4.78 is 0. The molecule has 1 N–H and O–H groups in total. The molecule has 70 valence electrons. The molecule has 0 unspecified atom stereocenters. The molecule has 0 radical (unpaired) electrons. The van der Waals surface area contributed by atoms with E-state index in [0.717, 1.165) is 0 Å². The van der Waals surface area contributed by atoms with Crippen LogP contribution in [0.4, 0.5) is 0 Å². The van der Waals surface area contributed by atoms with E-state index in [0.29, 0.717) is 0 Å². The molecule has 0 amide bonds. The number of aliphatic hydroxyl groups is 1. The average Bonchev–Trinajstić information content (AvgIpc) is 1.97. The quantitative estimate of drug-likeness (QED) is 0.589. The topological polar surface area (TPSA) is 20.2 Å². The van der Waals surface area contributed by atoms with Crippen LogP contribution < -0.4 is 0 Å². The molecular formula is C11H20O. The lowest BCUT2D eigenvalue weighted by Crippen LogP contribution is -2.51. The van der Waals surface area contributed by atoms with Gasteiger partial charge in [0.25, 0.3) is 0 Å². The van der Waals surface area contributed by atoms with E-state index in [1.54, 1.807) is 0 Å². The lowest BCUT2D eigenvalue weighted by atomic mass is 9.54. The number of hydrogen-bond acceptors (Lipinski definition) is 1. The molecule has 1 heteroatoms. The summed E-state index contributed by atoms with van der Waals surface area (Å²) in [6.07, 6.45) is 7.57. The molecule has 0 saturated heterocycles. The van der Waals surface area contributed by atoms with Crippen LogP contribution in [0.5, 0.6) is 0 Å². The molecule has 2 fully saturated rings. The van der Waals surface area contributed by atoms with Gasteiger partial charge in [0.2, 0.25) is 0 Å². The van der Waals surface area contributed by atoms with Crippen molar-refractivity contribution in [1.82, 2.24) is 0 Å². The molecule has 1 nitrogen and oxygen atoms in total. The van der Waals surface area contributed by atoms with Crippen molar-refractivity contribution in [3.8, 4) is 0 Å². The molecule has 0 heterocycles. The molecule has 12 heavy (non-hydrogen) atoms. The van der Waals surface area contributed by atoms with Gasteiger partial charge in [-0.25, -0.2) is 0 Å². The van der Waals surface area contributed by atoms with Gasteiger partial charge in [-0.3, -0.25) is 0 Å². The predicted molar refractivity (Wildman–Crippen MR) is 49.9 cm³/mol. The molecule has 2 saturated carbocycles. The summed E-state index contributed by atoms with van der Waals surface area (Å²) in [5.74, 6) is 0. The summed E-state index contributed by atoms with van der Waals surface area (Å²) in [6, 6.07) is 0. The van der Waals surface area contributed by atoms with Crippen LogP contribution in [0.2, 0.25) is 0 Å². The van der Waals surface area contributed by atoms with Gasteiger partial charge in [0.05, 0.1) is 6.10 Å². The van der Waals surface area contributed by atoms with Crippen LogP contribution in [0.3, 0.4) is 0 Å². The Bertz CT molecular complexity index is 157. The summed E-state index contributed by atoms with van der Waals surface area (Å²) in [5, 5.41) is 10.2. The monoisotopic (exact) mass is 168 g/mol. The van der Waals surface area contributed by atoms with Gasteiger partial charge in [-0.05, 0) is 36.5 Å². The largest absolute Gasteiger partial charge is 0.392 e. The zero-order chi connectivity index (χ0) is 8.82. The molecule has 0 aromatic carbocycles. The standard InChI is InChI=1S/C11H20O/c1-10-5-3-7-11(2,9(10)12)8-4-6-10/h9,12H,3-8H2,1-2H3. The second-order valence-electron chi connectivity index (χ2n) is 5.42. The molecule has 0 aromatic rings. The van der Waals surface area contributed by atoms with E-state index in [9.17, 15) is 5.11 Å². The molecule has 2 rings (SSSR count). The SMILES string of the molecule is CC12CCCC(C)(CCC1)C2O. The molecule has 2 bridgehead atoms. The fraction of sp³-hybridized carbons (Fsp3) is 1.00. The maximum absolute atomic E-state index is 10.2. The summed E-state index contributed by atoms with van der Waals surface area (Å²) in [5.41, 5.74) is 0.510. The molecule has 0 spiro atoms. The Hall–Kier alpha value is -0.0400. The highest BCUT2D eigenvalue weighted by Gasteiger charge is 2.50. The average molecular weight is 168 g/mol. The molecule has 0 atom stereocenters. The maximum atomic E-state index is 10.2. The minimum absolute atomic E-state index is 0.0347. The zero-order valence-electron chi connectivity index (χ0n) is 8.27. The van der Waals surface area contributed by atoms with Crippen LogP contribution in [0.25, 0.3) is 0 Å². The van der Waals surface area contributed by atoms with Crippen molar-refractivity contribution < 1.29 is 5.11 Å². The van der Waals surface area contributed by atoms with Crippen LogP contribution >= 0.6 is 0 Å². The van der Waals surface area contributed by atoms with E-state index in [-0.39, 0.29) is 16.9 Å². The van der Waals surface area contributed by atoms with Gasteiger partial charge in [-0.15, -0.1) is 0 Å². The normalized spacial score (nSPS) is 53.8. The third-order valence-corrected chi connectivity index (χ3v) is 4.31. The Kier molecular flexibility index (Phi) is 1.76. The van der Waals surface area contributed by atoms with Gasteiger partial charge in [0.1, 0.15) is 0 Å². The number of hydrogen-bond donors (Lipinski definition) is 1. The Morgan fingerprint density at radius 1 is 0.917 bits per heavy atom. The lowest BCUT2D eigenvalue weighted by molar-refractivity contribution is -0.125. The zero-order valence-corrected chi connectivity index (χ0v) is 8.27. The van der Waals surface area contributed by atoms with Crippen LogP contribution in [0.15, 0.2) is 0 Å². The smallest absolute Gasteiger partial charge is 0.0647 e. The molecule has 2 aliphatic rings. The Morgan fingerprint density at radius 3 is 1.50 bits per heavy atom. The first kappa shape index (κ1) is 8.55. The molecule has 0 aliphatic heterocycles. The minimum atomic E-state index is -0.0347. The van der Waals surface area contributed by atoms with Gasteiger partial charge in [0, 0.05) is 0 Å². The summed E-state index contributed by atoms with van der Waals surface area (Å²) in [7, 11) is 0. The summed E-state index contributed by atoms with van der Waals surface area (Å²) in [4.78, 5) is 0. The predicted octanol–water partition coefficient (Wildman–Crippen LogP) is 2.73. The van der Waals surface area contributed by atoms with Crippen molar-refractivity contribution in [2.45, 2.75) is 58.5 Å². The van der Waals surface area contributed by atoms with E-state index in [4.69, 9.17) is 0 Å². The number of aliphatic hydroxyl groups excluding tert-OH is 1. The van der Waals surface area contributed by atoms with Crippen LogP contribution in [-0.2, 0) is 0 Å². The molecular weight excluding hydrogens is 148 g/mol. The van der Waals surface area contributed by atoms with Crippen molar-refractivity contribution in [3.05, 3.63) is 0 Å². The first-order valence-corrected chi connectivity index (χ1v) is 5.25. The van der Waals surface area contributed by atoms with Crippen molar-refractivity contribution in [2.24, 2.45) is 10.8 Å². The van der Waals surface area contributed by atoms with Crippen molar-refractivity contribution in [3.63, 3.8) is 0 Å². The van der Waals surface area contributed by atoms with E-state index in [2.05, 4.69) is 13.8 Å². The first-order chi connectivity index (χ1) is 5.57. The Labute approximate surface area is 75.2 Å². The van der Waals surface area contributed by atoms with Gasteiger partial charge in [-0.1, -0.05) is 26.7 Å². The minimum Gasteiger partial charge on any atom is -0.392 e. The van der Waals surface area contributed by atoms with Crippen molar-refractivity contribution >= 4 is 0 Å². The summed E-state index contributed by atoms with van der Waals surface area (Å²) in [6.45, 7) is 4.54. The highest BCUT2D eigenvalue weighted by atomic mass is 16.3. The van der Waals surface area contributed by atoms with Crippen LogP contribution in [-0.4, -0.2) is 11.2 Å². The second-order valence-corrected chi connectivity index (χ2v) is 5.42. The fourth-order valence-electron chi connectivity index (χ4n) is 3.43. The summed E-state index contributed by atoms with van der Waals surface area (Å²) >= 11 is 0. The Morgan fingerprint density at radius 2 is 1.25 bits per heavy atom. The van der Waals surface area contributed by atoms with E-state index >= 15 is 0 Å². The van der Waals surface area contributed by atoms with Gasteiger partial charge >= 0.3 is 0 Å². The Balaban J connectivity index is 2.27. The molecule has 2 aliphatic carbocycles. The van der Waals surface area contributed by atoms with Crippen molar-refractivity contribution in [1.29, 1.82) is 0 Å². The van der Waals surface area contributed by atoms with E-state index in [1.807, 2.05) is 0 Å². The third kappa shape index (κ3) is 1.02.